The number of H-pyrrole nitrogens is 1. The van der Waals surface area contributed by atoms with Crippen molar-refractivity contribution in [1.29, 1.82) is 0 Å². The van der Waals surface area contributed by atoms with Gasteiger partial charge in [-0.25, -0.2) is 14.6 Å². The number of alkyl halides is 3. The molecule has 148 valence electrons. The zero-order valence-electron chi connectivity index (χ0n) is 15.5. The van der Waals surface area contributed by atoms with Crippen molar-refractivity contribution < 1.29 is 18.0 Å². The van der Waals surface area contributed by atoms with Gasteiger partial charge in [0.2, 0.25) is 17.7 Å². The lowest BCUT2D eigenvalue weighted by Crippen LogP contribution is -2.16. The van der Waals surface area contributed by atoms with Crippen molar-refractivity contribution >= 4 is 11.9 Å². The van der Waals surface area contributed by atoms with Crippen molar-refractivity contribution in [3.63, 3.8) is 0 Å². The van der Waals surface area contributed by atoms with Crippen LogP contribution in [0.5, 0.6) is 0 Å². The molecule has 3 heterocycles. The van der Waals surface area contributed by atoms with E-state index in [1.807, 2.05) is 19.9 Å². The second-order valence-corrected chi connectivity index (χ2v) is 6.24. The second kappa shape index (κ2) is 7.02. The van der Waals surface area contributed by atoms with Crippen molar-refractivity contribution in [1.82, 2.24) is 34.9 Å². The lowest BCUT2D eigenvalue weighted by atomic mass is 10.1. The quantitative estimate of drug-likeness (QED) is 0.701. The predicted molar refractivity (Wildman–Crippen MR) is 91.8 cm³/mol. The molecule has 0 aromatic carbocycles. The van der Waals surface area contributed by atoms with Crippen molar-refractivity contribution in [2.24, 2.45) is 0 Å². The van der Waals surface area contributed by atoms with E-state index in [1.54, 1.807) is 18.9 Å². The highest BCUT2D eigenvalue weighted by Crippen LogP contribution is 2.26. The minimum absolute atomic E-state index is 0.113. The first-order valence-corrected chi connectivity index (χ1v) is 8.22. The van der Waals surface area contributed by atoms with Gasteiger partial charge < -0.3 is 0 Å². The maximum atomic E-state index is 12.5. The molecule has 0 aliphatic rings. The zero-order valence-corrected chi connectivity index (χ0v) is 15.5. The molecule has 0 saturated carbocycles. The number of halogens is 3. The first kappa shape index (κ1) is 19.5. The van der Waals surface area contributed by atoms with Gasteiger partial charge in [-0.15, -0.1) is 5.10 Å². The van der Waals surface area contributed by atoms with Crippen LogP contribution in [0.3, 0.4) is 0 Å². The first-order chi connectivity index (χ1) is 13.0. The van der Waals surface area contributed by atoms with Gasteiger partial charge in [0.1, 0.15) is 0 Å². The Kier molecular flexibility index (Phi) is 4.87. The number of anilines is 1. The number of carbonyl (C=O) groups excluding carboxylic acids is 1. The van der Waals surface area contributed by atoms with Crippen LogP contribution in [-0.2, 0) is 17.4 Å². The van der Waals surface area contributed by atoms with Crippen LogP contribution in [0.1, 0.15) is 34.2 Å². The molecular weight excluding hydrogens is 377 g/mol. The normalized spacial score (nSPS) is 11.7. The Morgan fingerprint density at radius 1 is 1.14 bits per heavy atom. The highest BCUT2D eigenvalue weighted by molar-refractivity contribution is 5.90. The Morgan fingerprint density at radius 2 is 1.79 bits per heavy atom. The smallest absolute Gasteiger partial charge is 0.293 e. The summed E-state index contributed by atoms with van der Waals surface area (Å²) >= 11 is 0. The number of amides is 1. The van der Waals surface area contributed by atoms with Crippen molar-refractivity contribution in [3.8, 4) is 5.95 Å². The molecule has 0 saturated heterocycles. The Morgan fingerprint density at radius 3 is 2.36 bits per heavy atom. The average Bonchev–Trinajstić information content (AvgIpc) is 3.14. The number of aromatic nitrogens is 7. The van der Waals surface area contributed by atoms with E-state index >= 15 is 0 Å². The maximum Gasteiger partial charge on any atom is 0.451 e. The Labute approximate surface area is 157 Å². The van der Waals surface area contributed by atoms with Gasteiger partial charge in [0.15, 0.2) is 0 Å². The minimum atomic E-state index is -4.67. The van der Waals surface area contributed by atoms with E-state index in [4.69, 9.17) is 0 Å². The number of aromatic amines is 1. The van der Waals surface area contributed by atoms with Crippen LogP contribution in [0.2, 0.25) is 0 Å². The van der Waals surface area contributed by atoms with E-state index in [-0.39, 0.29) is 6.42 Å². The third-order valence-corrected chi connectivity index (χ3v) is 3.94. The molecule has 0 bridgehead atoms. The van der Waals surface area contributed by atoms with Crippen LogP contribution in [0.25, 0.3) is 5.95 Å². The number of carbonyl (C=O) groups is 1. The largest absolute Gasteiger partial charge is 0.451 e. The summed E-state index contributed by atoms with van der Waals surface area (Å²) in [6.07, 6.45) is -4.78. The van der Waals surface area contributed by atoms with Crippen LogP contribution in [-0.4, -0.2) is 40.8 Å². The molecule has 0 unspecified atom stereocenters. The van der Waals surface area contributed by atoms with Gasteiger partial charge in [-0.3, -0.25) is 15.2 Å². The SMILES string of the molecule is Cc1cc(C)nc(-n2nc(C)c(CC(=O)Nc3n[nH]c(C(F)(F)F)n3)c2C)n1. The fourth-order valence-corrected chi connectivity index (χ4v) is 2.70. The van der Waals surface area contributed by atoms with Crippen LogP contribution in [0.4, 0.5) is 19.1 Å². The molecular formula is C16H17F3N8O. The van der Waals surface area contributed by atoms with E-state index in [2.05, 4.69) is 30.5 Å². The maximum absolute atomic E-state index is 12.5. The van der Waals surface area contributed by atoms with Crippen molar-refractivity contribution in [3.05, 3.63) is 40.2 Å². The Balaban J connectivity index is 1.80. The summed E-state index contributed by atoms with van der Waals surface area (Å²) in [5.74, 6) is -1.92. The number of hydrogen-bond donors (Lipinski definition) is 2. The molecule has 0 fully saturated rings. The molecule has 0 atom stereocenters. The lowest BCUT2D eigenvalue weighted by Gasteiger charge is -2.06. The number of nitrogens with one attached hydrogen (secondary N) is 2. The third-order valence-electron chi connectivity index (χ3n) is 3.94. The molecule has 0 radical (unpaired) electrons. The minimum Gasteiger partial charge on any atom is -0.293 e. The zero-order chi connectivity index (χ0) is 20.6. The third kappa shape index (κ3) is 4.00. The van der Waals surface area contributed by atoms with E-state index in [0.717, 1.165) is 11.4 Å². The summed E-state index contributed by atoms with van der Waals surface area (Å²) in [6.45, 7) is 7.16. The summed E-state index contributed by atoms with van der Waals surface area (Å²) in [5.41, 5.74) is 3.41. The van der Waals surface area contributed by atoms with Gasteiger partial charge in [0.05, 0.1) is 12.1 Å². The predicted octanol–water partition coefficient (Wildman–Crippen LogP) is 2.21. The van der Waals surface area contributed by atoms with Gasteiger partial charge in [0.25, 0.3) is 5.95 Å². The first-order valence-electron chi connectivity index (χ1n) is 8.22. The molecule has 3 rings (SSSR count). The molecule has 0 aliphatic carbocycles. The molecule has 2 N–H and O–H groups in total. The summed E-state index contributed by atoms with van der Waals surface area (Å²) in [7, 11) is 0. The highest BCUT2D eigenvalue weighted by Gasteiger charge is 2.35. The fraction of sp³-hybridized carbons (Fsp3) is 0.375. The molecule has 9 nitrogen and oxygen atoms in total. The number of aryl methyl sites for hydroxylation is 3. The molecule has 28 heavy (non-hydrogen) atoms. The summed E-state index contributed by atoms with van der Waals surface area (Å²) < 4.78 is 39.2. The Bertz CT molecular complexity index is 1020. The average molecular weight is 394 g/mol. The molecule has 1 amide bonds. The van der Waals surface area contributed by atoms with E-state index in [0.29, 0.717) is 22.9 Å². The topological polar surface area (TPSA) is 114 Å². The lowest BCUT2D eigenvalue weighted by molar-refractivity contribution is -0.144. The number of rotatable bonds is 4. The Hall–Kier alpha value is -3.31. The number of hydrogen-bond acceptors (Lipinski definition) is 6. The summed E-state index contributed by atoms with van der Waals surface area (Å²) in [5, 5.41) is 11.7. The monoisotopic (exact) mass is 394 g/mol. The summed E-state index contributed by atoms with van der Waals surface area (Å²) in [6, 6.07) is 1.83. The fourth-order valence-electron chi connectivity index (χ4n) is 2.70. The van der Waals surface area contributed by atoms with Crippen LogP contribution in [0, 0.1) is 27.7 Å². The van der Waals surface area contributed by atoms with Gasteiger partial charge in [-0.05, 0) is 33.8 Å². The van der Waals surface area contributed by atoms with Gasteiger partial charge in [-0.1, -0.05) is 0 Å². The standard InChI is InChI=1S/C16H17F3N8O/c1-7-5-8(2)21-15(20-7)27-10(4)11(9(3)26-27)6-12(28)22-14-23-13(24-25-14)16(17,18)19/h5H,6H2,1-4H3,(H2,22,23,24,25,28). The van der Waals surface area contributed by atoms with Crippen LogP contribution >= 0.6 is 0 Å². The van der Waals surface area contributed by atoms with Crippen LogP contribution < -0.4 is 5.32 Å². The molecule has 0 aliphatic heterocycles. The summed E-state index contributed by atoms with van der Waals surface area (Å²) in [4.78, 5) is 24.2. The molecule has 3 aromatic rings. The van der Waals surface area contributed by atoms with Crippen molar-refractivity contribution in [2.45, 2.75) is 40.3 Å². The van der Waals surface area contributed by atoms with Gasteiger partial charge in [-0.2, -0.15) is 23.3 Å². The molecule has 0 spiro atoms. The molecule has 3 aromatic heterocycles. The molecule has 12 heteroatoms. The number of nitrogens with zero attached hydrogens (tertiary/aromatic N) is 6. The van der Waals surface area contributed by atoms with Crippen molar-refractivity contribution in [2.75, 3.05) is 5.32 Å². The second-order valence-electron chi connectivity index (χ2n) is 6.24. The van der Waals surface area contributed by atoms with Crippen LogP contribution in [0.15, 0.2) is 6.07 Å². The van der Waals surface area contributed by atoms with E-state index in [1.165, 1.54) is 4.68 Å². The van der Waals surface area contributed by atoms with E-state index < -0.39 is 23.9 Å². The van der Waals surface area contributed by atoms with E-state index in [9.17, 15) is 18.0 Å². The van der Waals surface area contributed by atoms with Gasteiger partial charge in [0, 0.05) is 22.6 Å². The highest BCUT2D eigenvalue weighted by atomic mass is 19.4. The van der Waals surface area contributed by atoms with Gasteiger partial charge >= 0.3 is 6.18 Å².